The number of carbonyl (C=O) groups excluding carboxylic acids is 1. The first-order chi connectivity index (χ1) is 8.19. The van der Waals surface area contributed by atoms with E-state index in [4.69, 9.17) is 0 Å². The molecule has 0 atom stereocenters. The third-order valence-corrected chi connectivity index (χ3v) is 3.88. The van der Waals surface area contributed by atoms with Gasteiger partial charge in [-0.05, 0) is 14.1 Å². The summed E-state index contributed by atoms with van der Waals surface area (Å²) in [5, 5.41) is 3.19. The Morgan fingerprint density at radius 2 is 1.88 bits per heavy atom. The number of nitrogens with one attached hydrogen (secondary N) is 1. The molecular weight excluding hydrogens is 216 g/mol. The minimum Gasteiger partial charge on any atom is -0.339 e. The van der Waals surface area contributed by atoms with Crippen LogP contribution in [0.5, 0.6) is 0 Å². The van der Waals surface area contributed by atoms with Crippen molar-refractivity contribution < 1.29 is 4.79 Å². The topological polar surface area (TPSA) is 38.8 Å². The van der Waals surface area contributed by atoms with Crippen molar-refractivity contribution in [3.63, 3.8) is 0 Å². The van der Waals surface area contributed by atoms with Gasteiger partial charge in [-0.1, -0.05) is 0 Å². The van der Waals surface area contributed by atoms with E-state index in [2.05, 4.69) is 22.2 Å². The number of likely N-dealkylation sites (N-methyl/N-ethyl adjacent to an activating group) is 2. The maximum atomic E-state index is 11.9. The van der Waals surface area contributed by atoms with Crippen LogP contribution >= 0.6 is 0 Å². The first-order valence-corrected chi connectivity index (χ1v) is 6.55. The van der Waals surface area contributed by atoms with Crippen molar-refractivity contribution >= 4 is 5.91 Å². The standard InChI is InChI=1S/C12H24N4O/c1-13-11-9-16(10-11)12(17)3-4-15-7-5-14(2)6-8-15/h11,13H,3-10H2,1-2H3. The maximum absolute atomic E-state index is 11.9. The van der Waals surface area contributed by atoms with Gasteiger partial charge in [0.05, 0.1) is 0 Å². The molecule has 0 bridgehead atoms. The zero-order chi connectivity index (χ0) is 12.3. The molecule has 0 saturated carbocycles. The summed E-state index contributed by atoms with van der Waals surface area (Å²) in [6, 6.07) is 0.516. The lowest BCUT2D eigenvalue weighted by Gasteiger charge is -2.39. The number of nitrogens with zero attached hydrogens (tertiary/aromatic N) is 3. The van der Waals surface area contributed by atoms with Gasteiger partial charge in [-0.2, -0.15) is 0 Å². The van der Waals surface area contributed by atoms with E-state index in [1.165, 1.54) is 0 Å². The summed E-state index contributed by atoms with van der Waals surface area (Å²) in [5.41, 5.74) is 0. The summed E-state index contributed by atoms with van der Waals surface area (Å²) >= 11 is 0. The molecule has 0 aromatic carbocycles. The van der Waals surface area contributed by atoms with E-state index in [1.54, 1.807) is 0 Å². The molecule has 0 unspecified atom stereocenters. The van der Waals surface area contributed by atoms with E-state index < -0.39 is 0 Å². The van der Waals surface area contributed by atoms with Crippen LogP contribution in [0, 0.1) is 0 Å². The second-order valence-electron chi connectivity index (χ2n) is 5.18. The zero-order valence-corrected chi connectivity index (χ0v) is 11.0. The van der Waals surface area contributed by atoms with Gasteiger partial charge in [0.2, 0.25) is 5.91 Å². The van der Waals surface area contributed by atoms with Crippen LogP contribution in [0.3, 0.4) is 0 Å². The Morgan fingerprint density at radius 3 is 2.47 bits per heavy atom. The van der Waals surface area contributed by atoms with Crippen molar-refractivity contribution in [2.75, 3.05) is 59.9 Å². The fourth-order valence-electron chi connectivity index (χ4n) is 2.35. The highest BCUT2D eigenvalue weighted by Gasteiger charge is 2.29. The SMILES string of the molecule is CNC1CN(C(=O)CCN2CCN(C)CC2)C1. The van der Waals surface area contributed by atoms with Gasteiger partial charge in [-0.3, -0.25) is 4.79 Å². The van der Waals surface area contributed by atoms with Crippen LogP contribution in [0.4, 0.5) is 0 Å². The number of amides is 1. The van der Waals surface area contributed by atoms with Crippen molar-refractivity contribution in [2.24, 2.45) is 0 Å². The fraction of sp³-hybridized carbons (Fsp3) is 0.917. The van der Waals surface area contributed by atoms with Crippen LogP contribution in [-0.2, 0) is 4.79 Å². The monoisotopic (exact) mass is 240 g/mol. The smallest absolute Gasteiger partial charge is 0.223 e. The lowest BCUT2D eigenvalue weighted by Crippen LogP contribution is -2.59. The highest BCUT2D eigenvalue weighted by Crippen LogP contribution is 2.10. The van der Waals surface area contributed by atoms with Crippen molar-refractivity contribution in [1.82, 2.24) is 20.0 Å². The summed E-state index contributed by atoms with van der Waals surface area (Å²) in [6.45, 7) is 7.15. The number of hydrogen-bond acceptors (Lipinski definition) is 4. The van der Waals surface area contributed by atoms with Crippen LogP contribution < -0.4 is 5.32 Å². The Labute approximate surface area is 104 Å². The van der Waals surface area contributed by atoms with E-state index >= 15 is 0 Å². The molecular formula is C12H24N4O. The van der Waals surface area contributed by atoms with Crippen LogP contribution in [0.25, 0.3) is 0 Å². The second-order valence-corrected chi connectivity index (χ2v) is 5.18. The van der Waals surface area contributed by atoms with Gasteiger partial charge in [0.15, 0.2) is 0 Å². The van der Waals surface area contributed by atoms with Crippen molar-refractivity contribution in [3.05, 3.63) is 0 Å². The van der Waals surface area contributed by atoms with Gasteiger partial charge in [0, 0.05) is 58.3 Å². The highest BCUT2D eigenvalue weighted by molar-refractivity contribution is 5.77. The molecule has 98 valence electrons. The molecule has 1 N–H and O–H groups in total. The number of hydrogen-bond donors (Lipinski definition) is 1. The summed E-state index contributed by atoms with van der Waals surface area (Å²) in [7, 11) is 4.11. The number of carbonyl (C=O) groups is 1. The molecule has 5 heteroatoms. The Hall–Kier alpha value is -0.650. The average molecular weight is 240 g/mol. The Kier molecular flexibility index (Phi) is 4.36. The lowest BCUT2D eigenvalue weighted by atomic mass is 10.1. The van der Waals surface area contributed by atoms with E-state index in [9.17, 15) is 4.79 Å². The largest absolute Gasteiger partial charge is 0.339 e. The van der Waals surface area contributed by atoms with Crippen molar-refractivity contribution in [1.29, 1.82) is 0 Å². The van der Waals surface area contributed by atoms with Gasteiger partial charge in [-0.25, -0.2) is 0 Å². The molecule has 0 aromatic rings. The van der Waals surface area contributed by atoms with Crippen LogP contribution in [0.15, 0.2) is 0 Å². The summed E-state index contributed by atoms with van der Waals surface area (Å²) < 4.78 is 0. The van der Waals surface area contributed by atoms with Crippen LogP contribution in [0.2, 0.25) is 0 Å². The number of likely N-dealkylation sites (tertiary alicyclic amines) is 1. The average Bonchev–Trinajstić information content (AvgIpc) is 2.27. The van der Waals surface area contributed by atoms with Crippen molar-refractivity contribution in [2.45, 2.75) is 12.5 Å². The minimum atomic E-state index is 0.315. The van der Waals surface area contributed by atoms with Gasteiger partial charge >= 0.3 is 0 Å². The molecule has 2 aliphatic rings. The third-order valence-electron chi connectivity index (χ3n) is 3.88. The zero-order valence-electron chi connectivity index (χ0n) is 11.0. The summed E-state index contributed by atoms with van der Waals surface area (Å²) in [6.07, 6.45) is 0.681. The van der Waals surface area contributed by atoms with E-state index in [0.717, 1.165) is 45.8 Å². The first kappa shape index (κ1) is 12.8. The Bertz CT molecular complexity index is 257. The quantitative estimate of drug-likeness (QED) is 0.688. The molecule has 0 aromatic heterocycles. The molecule has 17 heavy (non-hydrogen) atoms. The minimum absolute atomic E-state index is 0.315. The molecule has 5 nitrogen and oxygen atoms in total. The Morgan fingerprint density at radius 1 is 1.24 bits per heavy atom. The number of rotatable bonds is 4. The van der Waals surface area contributed by atoms with Gasteiger partial charge in [0.25, 0.3) is 0 Å². The van der Waals surface area contributed by atoms with Gasteiger partial charge in [-0.15, -0.1) is 0 Å². The van der Waals surface area contributed by atoms with Crippen LogP contribution in [0.1, 0.15) is 6.42 Å². The van der Waals surface area contributed by atoms with E-state index in [1.807, 2.05) is 11.9 Å². The van der Waals surface area contributed by atoms with Gasteiger partial charge < -0.3 is 20.0 Å². The molecule has 2 rings (SSSR count). The first-order valence-electron chi connectivity index (χ1n) is 6.55. The van der Waals surface area contributed by atoms with E-state index in [-0.39, 0.29) is 0 Å². The third kappa shape index (κ3) is 3.40. The predicted molar refractivity (Wildman–Crippen MR) is 68.0 cm³/mol. The Balaban J connectivity index is 1.60. The molecule has 0 radical (unpaired) electrons. The molecule has 2 heterocycles. The predicted octanol–water partition coefficient (Wildman–Crippen LogP) is -0.946. The lowest BCUT2D eigenvalue weighted by molar-refractivity contribution is -0.136. The molecule has 0 aliphatic carbocycles. The molecule has 0 spiro atoms. The fourth-order valence-corrected chi connectivity index (χ4v) is 2.35. The normalized spacial score (nSPS) is 23.8. The van der Waals surface area contributed by atoms with Gasteiger partial charge in [0.1, 0.15) is 0 Å². The summed E-state index contributed by atoms with van der Waals surface area (Å²) in [4.78, 5) is 18.5. The number of piperazine rings is 1. The van der Waals surface area contributed by atoms with Crippen LogP contribution in [-0.4, -0.2) is 86.6 Å². The molecule has 2 aliphatic heterocycles. The molecule has 2 saturated heterocycles. The van der Waals surface area contributed by atoms with Crippen molar-refractivity contribution in [3.8, 4) is 0 Å². The molecule has 2 fully saturated rings. The maximum Gasteiger partial charge on any atom is 0.223 e. The second kappa shape index (κ2) is 5.80. The highest BCUT2D eigenvalue weighted by atomic mass is 16.2. The molecule has 1 amide bonds. The van der Waals surface area contributed by atoms with E-state index in [0.29, 0.717) is 18.4 Å². The summed E-state index contributed by atoms with van der Waals surface area (Å²) in [5.74, 6) is 0.315.